The summed E-state index contributed by atoms with van der Waals surface area (Å²) in [5, 5.41) is 1.60. The third-order valence-electron chi connectivity index (χ3n) is 3.59. The number of ketones is 1. The zero-order valence-electron chi connectivity index (χ0n) is 12.5. The van der Waals surface area contributed by atoms with Crippen molar-refractivity contribution in [1.29, 1.82) is 0 Å². The third-order valence-corrected chi connectivity index (χ3v) is 4.33. The van der Waals surface area contributed by atoms with Crippen LogP contribution in [0.3, 0.4) is 0 Å². The predicted octanol–water partition coefficient (Wildman–Crippen LogP) is 4.44. The zero-order chi connectivity index (χ0) is 17.1. The van der Waals surface area contributed by atoms with Crippen LogP contribution in [-0.4, -0.2) is 23.3 Å². The molecule has 2 aromatic carbocycles. The van der Waals surface area contributed by atoms with Crippen molar-refractivity contribution in [3.05, 3.63) is 69.8 Å². The molecule has 0 radical (unpaired) electrons. The highest BCUT2D eigenvalue weighted by molar-refractivity contribution is 6.42. The fraction of sp³-hybridized carbons (Fsp3) is 0.111. The summed E-state index contributed by atoms with van der Waals surface area (Å²) in [7, 11) is 0. The minimum atomic E-state index is -0.499. The number of aromatic nitrogens is 1. The van der Waals surface area contributed by atoms with Crippen LogP contribution in [0.2, 0.25) is 10.0 Å². The highest BCUT2D eigenvalue weighted by Gasteiger charge is 2.14. The molecule has 0 bridgehead atoms. The number of Topliss-reactive ketones (excluding diaryl/α,β-unsaturated/α-hetero) is 1. The van der Waals surface area contributed by atoms with E-state index in [1.54, 1.807) is 24.4 Å². The van der Waals surface area contributed by atoms with E-state index in [9.17, 15) is 9.59 Å². The van der Waals surface area contributed by atoms with Crippen LogP contribution in [-0.2, 0) is 16.0 Å². The molecule has 0 fully saturated rings. The fourth-order valence-electron chi connectivity index (χ4n) is 2.39. The van der Waals surface area contributed by atoms with Crippen molar-refractivity contribution in [1.82, 2.24) is 4.98 Å². The van der Waals surface area contributed by atoms with Crippen molar-refractivity contribution in [3.8, 4) is 0 Å². The molecular formula is C18H13Cl2NO3. The van der Waals surface area contributed by atoms with Gasteiger partial charge in [0.2, 0.25) is 5.78 Å². The normalized spacial score (nSPS) is 10.8. The summed E-state index contributed by atoms with van der Waals surface area (Å²) < 4.78 is 5.07. The molecule has 3 aromatic rings. The average Bonchev–Trinajstić information content (AvgIpc) is 3.00. The second kappa shape index (κ2) is 7.07. The maximum absolute atomic E-state index is 12.2. The van der Waals surface area contributed by atoms with Crippen LogP contribution in [0.4, 0.5) is 0 Å². The molecule has 1 N–H and O–H groups in total. The first-order chi connectivity index (χ1) is 11.5. The number of ether oxygens (including phenoxy) is 1. The van der Waals surface area contributed by atoms with E-state index in [2.05, 4.69) is 4.98 Å². The number of hydrogen-bond donors (Lipinski definition) is 1. The molecule has 0 saturated heterocycles. The van der Waals surface area contributed by atoms with Crippen molar-refractivity contribution in [2.24, 2.45) is 0 Å². The number of halogens is 2. The number of H-pyrrole nitrogens is 1. The minimum Gasteiger partial charge on any atom is -0.457 e. The summed E-state index contributed by atoms with van der Waals surface area (Å²) in [6.07, 6.45) is 1.65. The Morgan fingerprint density at radius 1 is 1.04 bits per heavy atom. The van der Waals surface area contributed by atoms with Gasteiger partial charge in [-0.15, -0.1) is 0 Å². The van der Waals surface area contributed by atoms with E-state index in [4.69, 9.17) is 27.9 Å². The summed E-state index contributed by atoms with van der Waals surface area (Å²) in [4.78, 5) is 27.1. The highest BCUT2D eigenvalue weighted by Crippen LogP contribution is 2.23. The molecule has 0 amide bonds. The van der Waals surface area contributed by atoms with Gasteiger partial charge in [-0.25, -0.2) is 0 Å². The van der Waals surface area contributed by atoms with E-state index in [1.807, 2.05) is 24.3 Å². The van der Waals surface area contributed by atoms with Crippen LogP contribution in [0, 0.1) is 0 Å². The number of hydrogen-bond acceptors (Lipinski definition) is 3. The Kier molecular flexibility index (Phi) is 4.88. The standard InChI is InChI=1S/C18H13Cl2NO3/c19-14-6-5-11(7-15(14)20)8-18(23)24-10-17(22)13-9-21-16-4-2-1-3-12(13)16/h1-7,9,21H,8,10H2. The van der Waals surface area contributed by atoms with Crippen LogP contribution in [0.25, 0.3) is 10.9 Å². The van der Waals surface area contributed by atoms with Gasteiger partial charge in [0.1, 0.15) is 0 Å². The van der Waals surface area contributed by atoms with Crippen LogP contribution >= 0.6 is 23.2 Å². The van der Waals surface area contributed by atoms with Crippen LogP contribution in [0.5, 0.6) is 0 Å². The molecule has 1 heterocycles. The number of carbonyl (C=O) groups excluding carboxylic acids is 2. The zero-order valence-corrected chi connectivity index (χ0v) is 14.0. The first-order valence-electron chi connectivity index (χ1n) is 7.23. The summed E-state index contributed by atoms with van der Waals surface area (Å²) in [5.74, 6) is -0.753. The number of benzene rings is 2. The Balaban J connectivity index is 1.61. The van der Waals surface area contributed by atoms with E-state index in [-0.39, 0.29) is 18.8 Å². The lowest BCUT2D eigenvalue weighted by Gasteiger charge is -2.05. The van der Waals surface area contributed by atoms with Crippen molar-refractivity contribution in [2.75, 3.05) is 6.61 Å². The second-order valence-electron chi connectivity index (χ2n) is 5.26. The van der Waals surface area contributed by atoms with Crippen molar-refractivity contribution in [2.45, 2.75) is 6.42 Å². The van der Waals surface area contributed by atoms with Gasteiger partial charge in [0.05, 0.1) is 16.5 Å². The maximum atomic E-state index is 12.2. The first-order valence-corrected chi connectivity index (χ1v) is 7.99. The van der Waals surface area contributed by atoms with Gasteiger partial charge < -0.3 is 9.72 Å². The van der Waals surface area contributed by atoms with Gasteiger partial charge in [0.15, 0.2) is 6.61 Å². The summed E-state index contributed by atoms with van der Waals surface area (Å²) in [5.41, 5.74) is 2.05. The van der Waals surface area contributed by atoms with Gasteiger partial charge in [-0.3, -0.25) is 9.59 Å². The van der Waals surface area contributed by atoms with Crippen molar-refractivity contribution >= 4 is 45.9 Å². The minimum absolute atomic E-state index is 0.0258. The molecule has 0 aliphatic heterocycles. The smallest absolute Gasteiger partial charge is 0.310 e. The summed E-state index contributed by atoms with van der Waals surface area (Å²) in [6, 6.07) is 12.4. The van der Waals surface area contributed by atoms with Crippen molar-refractivity contribution in [3.63, 3.8) is 0 Å². The summed E-state index contributed by atoms with van der Waals surface area (Å²) in [6.45, 7) is -0.304. The molecular weight excluding hydrogens is 349 g/mol. The average molecular weight is 362 g/mol. The van der Waals surface area contributed by atoms with Gasteiger partial charge in [0, 0.05) is 22.7 Å². The largest absolute Gasteiger partial charge is 0.457 e. The Hall–Kier alpha value is -2.30. The topological polar surface area (TPSA) is 59.2 Å². The molecule has 4 nitrogen and oxygen atoms in total. The molecule has 0 spiro atoms. The Morgan fingerprint density at radius 3 is 2.62 bits per heavy atom. The number of aromatic amines is 1. The molecule has 0 unspecified atom stereocenters. The number of fused-ring (bicyclic) bond motifs is 1. The molecule has 1 aromatic heterocycles. The molecule has 3 rings (SSSR count). The third kappa shape index (κ3) is 3.61. The maximum Gasteiger partial charge on any atom is 0.310 e. The number of nitrogens with one attached hydrogen (secondary N) is 1. The predicted molar refractivity (Wildman–Crippen MR) is 93.8 cm³/mol. The van der Waals surface area contributed by atoms with E-state index >= 15 is 0 Å². The van der Waals surface area contributed by atoms with Gasteiger partial charge in [-0.05, 0) is 23.8 Å². The molecule has 0 atom stereocenters. The second-order valence-corrected chi connectivity index (χ2v) is 6.07. The monoisotopic (exact) mass is 361 g/mol. The number of rotatable bonds is 5. The number of esters is 1. The van der Waals surface area contributed by atoms with Gasteiger partial charge in [-0.2, -0.15) is 0 Å². The summed E-state index contributed by atoms with van der Waals surface area (Å²) >= 11 is 11.7. The van der Waals surface area contributed by atoms with Crippen LogP contribution in [0.15, 0.2) is 48.7 Å². The quantitative estimate of drug-likeness (QED) is 0.539. The van der Waals surface area contributed by atoms with E-state index in [0.29, 0.717) is 21.2 Å². The number of para-hydroxylation sites is 1. The highest BCUT2D eigenvalue weighted by atomic mass is 35.5. The molecule has 0 aliphatic rings. The van der Waals surface area contributed by atoms with E-state index < -0.39 is 5.97 Å². The molecule has 6 heteroatoms. The number of carbonyl (C=O) groups is 2. The first kappa shape index (κ1) is 16.6. The van der Waals surface area contributed by atoms with Crippen LogP contribution < -0.4 is 0 Å². The van der Waals surface area contributed by atoms with Gasteiger partial charge in [0.25, 0.3) is 0 Å². The van der Waals surface area contributed by atoms with E-state index in [0.717, 1.165) is 10.9 Å². The molecule has 122 valence electrons. The SMILES string of the molecule is O=C(Cc1ccc(Cl)c(Cl)c1)OCC(=O)c1c[nH]c2ccccc12. The Bertz CT molecular complexity index is 918. The van der Waals surface area contributed by atoms with E-state index in [1.165, 1.54) is 0 Å². The Labute approximate surface area is 148 Å². The molecule has 0 aliphatic carbocycles. The lowest BCUT2D eigenvalue weighted by molar-refractivity contribution is -0.141. The lowest BCUT2D eigenvalue weighted by atomic mass is 10.1. The van der Waals surface area contributed by atoms with Crippen molar-refractivity contribution < 1.29 is 14.3 Å². The van der Waals surface area contributed by atoms with Crippen LogP contribution in [0.1, 0.15) is 15.9 Å². The molecule has 24 heavy (non-hydrogen) atoms. The lowest BCUT2D eigenvalue weighted by Crippen LogP contribution is -2.15. The molecule has 0 saturated carbocycles. The van der Waals surface area contributed by atoms with Gasteiger partial charge >= 0.3 is 5.97 Å². The fourth-order valence-corrected chi connectivity index (χ4v) is 2.71. The Morgan fingerprint density at radius 2 is 1.83 bits per heavy atom. The van der Waals surface area contributed by atoms with Gasteiger partial charge in [-0.1, -0.05) is 47.5 Å².